The fraction of sp³-hybridized carbons (Fsp3) is 0.200. The molecule has 0 aliphatic carbocycles. The second-order valence-electron chi connectivity index (χ2n) is 6.64. The van der Waals surface area contributed by atoms with Gasteiger partial charge in [-0.1, -0.05) is 6.07 Å². The molecule has 0 saturated carbocycles. The molecule has 27 heavy (non-hydrogen) atoms. The number of fused-ring (bicyclic) bond motifs is 1. The molecular weight excluding hydrogens is 340 g/mol. The average molecular weight is 360 g/mol. The zero-order chi connectivity index (χ0) is 19.0. The number of aromatic nitrogens is 5. The van der Waals surface area contributed by atoms with Crippen molar-refractivity contribution < 1.29 is 4.79 Å². The van der Waals surface area contributed by atoms with Crippen LogP contribution < -0.4 is 5.32 Å². The molecule has 0 spiro atoms. The predicted molar refractivity (Wildman–Crippen MR) is 102 cm³/mol. The monoisotopic (exact) mass is 360 g/mol. The Balaban J connectivity index is 1.44. The van der Waals surface area contributed by atoms with Crippen molar-refractivity contribution >= 4 is 11.6 Å². The van der Waals surface area contributed by atoms with E-state index >= 15 is 0 Å². The smallest absolute Gasteiger partial charge is 0.271 e. The molecule has 0 saturated heterocycles. The Morgan fingerprint density at radius 2 is 2.00 bits per heavy atom. The molecule has 0 bridgehead atoms. The van der Waals surface area contributed by atoms with Gasteiger partial charge in [-0.15, -0.1) is 0 Å². The maximum absolute atomic E-state index is 12.4. The van der Waals surface area contributed by atoms with Gasteiger partial charge in [0.05, 0.1) is 5.69 Å². The van der Waals surface area contributed by atoms with Crippen LogP contribution in [0.1, 0.15) is 33.0 Å². The van der Waals surface area contributed by atoms with Crippen LogP contribution in [0.4, 0.5) is 0 Å². The molecule has 4 aromatic rings. The van der Waals surface area contributed by atoms with Crippen LogP contribution in [0.2, 0.25) is 0 Å². The van der Waals surface area contributed by atoms with E-state index < -0.39 is 0 Å². The Kier molecular flexibility index (Phi) is 4.19. The maximum Gasteiger partial charge on any atom is 0.271 e. The molecule has 0 radical (unpaired) electrons. The minimum absolute atomic E-state index is 0.209. The Labute approximate surface area is 156 Å². The SMILES string of the molecule is Cc1ccn2cc(C(=O)NCc3ccc(-n4nc(C)cc4C)nc3)nc2c1. The highest BCUT2D eigenvalue weighted by Crippen LogP contribution is 2.11. The van der Waals surface area contributed by atoms with Crippen molar-refractivity contribution in [2.45, 2.75) is 27.3 Å². The lowest BCUT2D eigenvalue weighted by atomic mass is 10.2. The number of pyridine rings is 2. The highest BCUT2D eigenvalue weighted by Gasteiger charge is 2.11. The molecule has 0 aliphatic heterocycles. The third-order valence-corrected chi connectivity index (χ3v) is 4.34. The van der Waals surface area contributed by atoms with Crippen LogP contribution >= 0.6 is 0 Å². The summed E-state index contributed by atoms with van der Waals surface area (Å²) in [5, 5.41) is 7.31. The average Bonchev–Trinajstić information content (AvgIpc) is 3.22. The van der Waals surface area contributed by atoms with Gasteiger partial charge < -0.3 is 9.72 Å². The lowest BCUT2D eigenvalue weighted by Crippen LogP contribution is -2.23. The standard InChI is InChI=1S/C20H20N6O/c1-13-6-7-25-12-17(23-19(25)8-13)20(27)22-11-16-4-5-18(21-10-16)26-15(3)9-14(2)24-26/h4-10,12H,11H2,1-3H3,(H,22,27). The van der Waals surface area contributed by atoms with Gasteiger partial charge in [-0.05, 0) is 56.2 Å². The second kappa shape index (κ2) is 6.68. The van der Waals surface area contributed by atoms with Gasteiger partial charge in [-0.3, -0.25) is 4.79 Å². The molecule has 1 amide bonds. The zero-order valence-corrected chi connectivity index (χ0v) is 15.5. The number of carbonyl (C=O) groups is 1. The quantitative estimate of drug-likeness (QED) is 0.607. The number of carbonyl (C=O) groups excluding carboxylic acids is 1. The Hall–Kier alpha value is -3.48. The molecule has 4 heterocycles. The van der Waals surface area contributed by atoms with Crippen LogP contribution in [0.5, 0.6) is 0 Å². The number of nitrogens with zero attached hydrogens (tertiary/aromatic N) is 5. The van der Waals surface area contributed by atoms with E-state index in [2.05, 4.69) is 20.4 Å². The third kappa shape index (κ3) is 3.44. The van der Waals surface area contributed by atoms with E-state index in [1.807, 2.05) is 61.7 Å². The fourth-order valence-corrected chi connectivity index (χ4v) is 2.97. The summed E-state index contributed by atoms with van der Waals surface area (Å²) >= 11 is 0. The molecule has 4 aromatic heterocycles. The van der Waals surface area contributed by atoms with Crippen molar-refractivity contribution in [3.8, 4) is 5.82 Å². The number of aryl methyl sites for hydroxylation is 3. The topological polar surface area (TPSA) is 77.1 Å². The summed E-state index contributed by atoms with van der Waals surface area (Å²) in [4.78, 5) is 21.2. The Morgan fingerprint density at radius 3 is 2.70 bits per heavy atom. The van der Waals surface area contributed by atoms with E-state index in [1.165, 1.54) is 0 Å². The zero-order valence-electron chi connectivity index (χ0n) is 15.5. The lowest BCUT2D eigenvalue weighted by Gasteiger charge is -2.06. The maximum atomic E-state index is 12.4. The van der Waals surface area contributed by atoms with Gasteiger partial charge >= 0.3 is 0 Å². The van der Waals surface area contributed by atoms with Gasteiger partial charge in [0, 0.05) is 30.8 Å². The Bertz CT molecular complexity index is 1120. The van der Waals surface area contributed by atoms with Crippen molar-refractivity contribution in [2.24, 2.45) is 0 Å². The summed E-state index contributed by atoms with van der Waals surface area (Å²) in [6.07, 6.45) is 5.38. The molecule has 7 heteroatoms. The summed E-state index contributed by atoms with van der Waals surface area (Å²) in [6, 6.07) is 9.76. The first kappa shape index (κ1) is 17.0. The van der Waals surface area contributed by atoms with E-state index in [0.29, 0.717) is 12.2 Å². The van der Waals surface area contributed by atoms with Crippen LogP contribution in [-0.4, -0.2) is 30.1 Å². The van der Waals surface area contributed by atoms with Gasteiger partial charge in [0.1, 0.15) is 11.3 Å². The minimum atomic E-state index is -0.209. The molecule has 4 rings (SSSR count). The van der Waals surface area contributed by atoms with Crippen molar-refractivity contribution in [1.82, 2.24) is 29.5 Å². The first-order chi connectivity index (χ1) is 13.0. The summed E-state index contributed by atoms with van der Waals surface area (Å²) in [6.45, 7) is 6.33. The van der Waals surface area contributed by atoms with Crippen molar-refractivity contribution in [3.05, 3.63) is 77.1 Å². The molecule has 0 unspecified atom stereocenters. The molecule has 0 atom stereocenters. The van der Waals surface area contributed by atoms with E-state index in [0.717, 1.165) is 34.0 Å². The number of hydrogen-bond acceptors (Lipinski definition) is 4. The van der Waals surface area contributed by atoms with Gasteiger partial charge in [0.15, 0.2) is 5.82 Å². The fourth-order valence-electron chi connectivity index (χ4n) is 2.97. The Morgan fingerprint density at radius 1 is 1.15 bits per heavy atom. The third-order valence-electron chi connectivity index (χ3n) is 4.34. The number of nitrogens with one attached hydrogen (secondary N) is 1. The van der Waals surface area contributed by atoms with E-state index in [9.17, 15) is 4.79 Å². The molecular formula is C20H20N6O. The summed E-state index contributed by atoms with van der Waals surface area (Å²) in [5.41, 5.74) is 5.15. The summed E-state index contributed by atoms with van der Waals surface area (Å²) < 4.78 is 3.64. The number of hydrogen-bond donors (Lipinski definition) is 1. The van der Waals surface area contributed by atoms with Crippen LogP contribution in [-0.2, 0) is 6.54 Å². The highest BCUT2D eigenvalue weighted by atomic mass is 16.1. The summed E-state index contributed by atoms with van der Waals surface area (Å²) in [5.74, 6) is 0.547. The number of rotatable bonds is 4. The molecule has 0 aromatic carbocycles. The number of imidazole rings is 1. The van der Waals surface area contributed by atoms with Crippen LogP contribution in [0, 0.1) is 20.8 Å². The first-order valence-electron chi connectivity index (χ1n) is 8.72. The summed E-state index contributed by atoms with van der Waals surface area (Å²) in [7, 11) is 0. The first-order valence-corrected chi connectivity index (χ1v) is 8.72. The van der Waals surface area contributed by atoms with Gasteiger partial charge in [-0.25, -0.2) is 14.6 Å². The van der Waals surface area contributed by atoms with E-state index in [-0.39, 0.29) is 5.91 Å². The van der Waals surface area contributed by atoms with Crippen molar-refractivity contribution in [3.63, 3.8) is 0 Å². The molecule has 0 aliphatic rings. The van der Waals surface area contributed by atoms with Crippen LogP contribution in [0.3, 0.4) is 0 Å². The van der Waals surface area contributed by atoms with Gasteiger partial charge in [0.25, 0.3) is 5.91 Å². The van der Waals surface area contributed by atoms with E-state index in [1.54, 1.807) is 17.1 Å². The molecule has 1 N–H and O–H groups in total. The van der Waals surface area contributed by atoms with E-state index in [4.69, 9.17) is 0 Å². The minimum Gasteiger partial charge on any atom is -0.347 e. The van der Waals surface area contributed by atoms with Crippen molar-refractivity contribution in [1.29, 1.82) is 0 Å². The van der Waals surface area contributed by atoms with Crippen molar-refractivity contribution in [2.75, 3.05) is 0 Å². The number of amides is 1. The van der Waals surface area contributed by atoms with Crippen LogP contribution in [0.25, 0.3) is 11.5 Å². The largest absolute Gasteiger partial charge is 0.347 e. The predicted octanol–water partition coefficient (Wildman–Crippen LogP) is 2.77. The van der Waals surface area contributed by atoms with Gasteiger partial charge in [0.2, 0.25) is 0 Å². The van der Waals surface area contributed by atoms with Crippen LogP contribution in [0.15, 0.2) is 48.9 Å². The second-order valence-corrected chi connectivity index (χ2v) is 6.64. The van der Waals surface area contributed by atoms with Gasteiger partial charge in [-0.2, -0.15) is 5.10 Å². The molecule has 0 fully saturated rings. The molecule has 136 valence electrons. The lowest BCUT2D eigenvalue weighted by molar-refractivity contribution is 0.0946. The molecule has 7 nitrogen and oxygen atoms in total. The normalized spacial score (nSPS) is 11.1. The highest BCUT2D eigenvalue weighted by molar-refractivity contribution is 5.92.